The minimum absolute atomic E-state index is 0.0841. The van der Waals surface area contributed by atoms with Gasteiger partial charge in [-0.2, -0.15) is 0 Å². The van der Waals surface area contributed by atoms with Crippen LogP contribution in [0.2, 0.25) is 0 Å². The molecule has 1 spiro atoms. The largest absolute Gasteiger partial charge is 0.348 e. The summed E-state index contributed by atoms with van der Waals surface area (Å²) in [6.07, 6.45) is 4.42. The fourth-order valence-electron chi connectivity index (χ4n) is 5.18. The van der Waals surface area contributed by atoms with Gasteiger partial charge in [0, 0.05) is 23.5 Å². The van der Waals surface area contributed by atoms with Gasteiger partial charge < -0.3 is 9.88 Å². The van der Waals surface area contributed by atoms with E-state index in [0.29, 0.717) is 12.0 Å². The van der Waals surface area contributed by atoms with E-state index in [-0.39, 0.29) is 24.2 Å². The van der Waals surface area contributed by atoms with Crippen LogP contribution in [0.3, 0.4) is 0 Å². The lowest BCUT2D eigenvalue weighted by Crippen LogP contribution is -2.54. The van der Waals surface area contributed by atoms with Crippen LogP contribution in [0.25, 0.3) is 0 Å². The van der Waals surface area contributed by atoms with Crippen molar-refractivity contribution in [2.24, 2.45) is 5.92 Å². The Morgan fingerprint density at radius 3 is 2.61 bits per heavy atom. The molecule has 1 aliphatic carbocycles. The van der Waals surface area contributed by atoms with Crippen LogP contribution in [-0.2, 0) is 17.8 Å². The predicted molar refractivity (Wildman–Crippen MR) is 119 cm³/mol. The molecule has 1 aliphatic heterocycles. The molecule has 1 aromatic heterocycles. The fraction of sp³-hybridized carbons (Fsp3) is 0.480. The number of urea groups is 1. The molecule has 2 aliphatic rings. The van der Waals surface area contributed by atoms with E-state index in [9.17, 15) is 14.4 Å². The summed E-state index contributed by atoms with van der Waals surface area (Å²) >= 11 is 0. The predicted octanol–water partition coefficient (Wildman–Crippen LogP) is 4.03. The zero-order chi connectivity index (χ0) is 22.2. The van der Waals surface area contributed by atoms with Gasteiger partial charge >= 0.3 is 6.03 Å². The number of nitrogens with zero attached hydrogens (tertiary/aromatic N) is 2. The summed E-state index contributed by atoms with van der Waals surface area (Å²) < 4.78 is 2.14. The Bertz CT molecular complexity index is 1010. The van der Waals surface area contributed by atoms with Crippen LogP contribution in [0.15, 0.2) is 36.4 Å². The van der Waals surface area contributed by atoms with E-state index in [1.54, 1.807) is 0 Å². The normalized spacial score (nSPS) is 23.5. The van der Waals surface area contributed by atoms with Gasteiger partial charge in [-0.25, -0.2) is 4.79 Å². The minimum atomic E-state index is -0.831. The SMILES string of the molecule is Cc1cc(C(=O)CN2C(=O)NC3(CCCCC3C)C2=O)c(C)n1CCc1ccccc1. The van der Waals surface area contributed by atoms with Crippen LogP contribution in [0.4, 0.5) is 4.79 Å². The first-order valence-corrected chi connectivity index (χ1v) is 11.2. The van der Waals surface area contributed by atoms with Gasteiger partial charge in [0.1, 0.15) is 5.54 Å². The summed E-state index contributed by atoms with van der Waals surface area (Å²) in [5.41, 5.74) is 2.89. The van der Waals surface area contributed by atoms with Gasteiger partial charge in [-0.3, -0.25) is 14.5 Å². The standard InChI is InChI=1S/C25H31N3O3/c1-17-9-7-8-13-25(17)23(30)28(24(31)26-25)16-22(29)21-15-18(2)27(19(21)3)14-12-20-10-5-4-6-11-20/h4-6,10-11,15,17H,7-9,12-14,16H2,1-3H3,(H,26,31). The van der Waals surface area contributed by atoms with E-state index in [1.807, 2.05) is 45.0 Å². The second-order valence-corrected chi connectivity index (χ2v) is 9.03. The Labute approximate surface area is 183 Å². The highest BCUT2D eigenvalue weighted by atomic mass is 16.2. The van der Waals surface area contributed by atoms with Crippen molar-refractivity contribution < 1.29 is 14.4 Å². The number of carbonyl (C=O) groups excluding carboxylic acids is 3. The molecule has 4 rings (SSSR count). The van der Waals surface area contributed by atoms with Crippen LogP contribution in [0, 0.1) is 19.8 Å². The number of imide groups is 1. The number of Topliss-reactive ketones (excluding diaryl/α,β-unsaturated/α-hetero) is 1. The molecule has 2 aromatic rings. The first-order chi connectivity index (χ1) is 14.8. The molecule has 2 unspecified atom stereocenters. The number of rotatable bonds is 6. The van der Waals surface area contributed by atoms with E-state index in [0.717, 1.165) is 48.5 Å². The van der Waals surface area contributed by atoms with Gasteiger partial charge in [0.25, 0.3) is 5.91 Å². The van der Waals surface area contributed by atoms with Crippen molar-refractivity contribution in [3.05, 3.63) is 58.9 Å². The Morgan fingerprint density at radius 1 is 1.16 bits per heavy atom. The quantitative estimate of drug-likeness (QED) is 0.565. The number of carbonyl (C=O) groups is 3. The lowest BCUT2D eigenvalue weighted by atomic mass is 9.73. The van der Waals surface area contributed by atoms with Gasteiger partial charge in [-0.15, -0.1) is 0 Å². The molecule has 6 heteroatoms. The molecule has 2 fully saturated rings. The summed E-state index contributed by atoms with van der Waals surface area (Å²) in [5.74, 6) is -0.347. The van der Waals surface area contributed by atoms with Crippen molar-refractivity contribution in [1.29, 1.82) is 0 Å². The van der Waals surface area contributed by atoms with Gasteiger partial charge in [0.2, 0.25) is 0 Å². The number of hydrogen-bond donors (Lipinski definition) is 1. The van der Waals surface area contributed by atoms with Gasteiger partial charge in [0.05, 0.1) is 6.54 Å². The minimum Gasteiger partial charge on any atom is -0.348 e. The number of hydrogen-bond acceptors (Lipinski definition) is 3. The molecule has 1 saturated heterocycles. The number of benzene rings is 1. The second kappa shape index (κ2) is 8.33. The maximum atomic E-state index is 13.2. The molecule has 2 heterocycles. The van der Waals surface area contributed by atoms with E-state index in [4.69, 9.17) is 0 Å². The highest BCUT2D eigenvalue weighted by Crippen LogP contribution is 2.38. The molecular weight excluding hydrogens is 390 g/mol. The summed E-state index contributed by atoms with van der Waals surface area (Å²) in [6.45, 7) is 6.51. The topological polar surface area (TPSA) is 71.4 Å². The van der Waals surface area contributed by atoms with Gasteiger partial charge in [-0.1, -0.05) is 50.1 Å². The number of aryl methyl sites for hydroxylation is 2. The van der Waals surface area contributed by atoms with Crippen LogP contribution in [0.1, 0.15) is 59.9 Å². The zero-order valence-electron chi connectivity index (χ0n) is 18.6. The number of ketones is 1. The average Bonchev–Trinajstić information content (AvgIpc) is 3.17. The van der Waals surface area contributed by atoms with Crippen LogP contribution in [0.5, 0.6) is 0 Å². The van der Waals surface area contributed by atoms with Gasteiger partial charge in [0.15, 0.2) is 5.78 Å². The zero-order valence-corrected chi connectivity index (χ0v) is 18.6. The van der Waals surface area contributed by atoms with Crippen LogP contribution in [-0.4, -0.2) is 39.3 Å². The molecule has 0 radical (unpaired) electrons. The fourth-order valence-corrected chi connectivity index (χ4v) is 5.18. The van der Waals surface area contributed by atoms with E-state index >= 15 is 0 Å². The Morgan fingerprint density at radius 2 is 1.90 bits per heavy atom. The van der Waals surface area contributed by atoms with Crippen molar-refractivity contribution in [3.63, 3.8) is 0 Å². The lowest BCUT2D eigenvalue weighted by Gasteiger charge is -2.36. The molecule has 3 amide bonds. The summed E-state index contributed by atoms with van der Waals surface area (Å²) in [4.78, 5) is 40.0. The number of amides is 3. The molecule has 164 valence electrons. The maximum absolute atomic E-state index is 13.2. The molecule has 6 nitrogen and oxygen atoms in total. The molecule has 1 aromatic carbocycles. The van der Waals surface area contributed by atoms with E-state index in [2.05, 4.69) is 22.0 Å². The molecule has 1 N–H and O–H groups in total. The molecule has 31 heavy (non-hydrogen) atoms. The highest BCUT2D eigenvalue weighted by molar-refractivity contribution is 6.11. The Kier molecular flexibility index (Phi) is 5.73. The average molecular weight is 422 g/mol. The van der Waals surface area contributed by atoms with Crippen molar-refractivity contribution in [3.8, 4) is 0 Å². The molecule has 0 bridgehead atoms. The third-order valence-electron chi connectivity index (χ3n) is 7.14. The lowest BCUT2D eigenvalue weighted by molar-refractivity contribution is -0.133. The van der Waals surface area contributed by atoms with Crippen molar-refractivity contribution >= 4 is 17.7 Å². The maximum Gasteiger partial charge on any atom is 0.325 e. The third kappa shape index (κ3) is 3.80. The first kappa shape index (κ1) is 21.3. The number of nitrogens with one attached hydrogen (secondary N) is 1. The Balaban J connectivity index is 1.49. The smallest absolute Gasteiger partial charge is 0.325 e. The van der Waals surface area contributed by atoms with Crippen LogP contribution < -0.4 is 5.32 Å². The number of aromatic nitrogens is 1. The molecule has 1 saturated carbocycles. The van der Waals surface area contributed by atoms with E-state index in [1.165, 1.54) is 5.56 Å². The summed E-state index contributed by atoms with van der Waals surface area (Å²) in [7, 11) is 0. The highest BCUT2D eigenvalue weighted by Gasteiger charge is 2.55. The molecule has 2 atom stereocenters. The molecular formula is C25H31N3O3. The third-order valence-corrected chi connectivity index (χ3v) is 7.14. The first-order valence-electron chi connectivity index (χ1n) is 11.2. The summed E-state index contributed by atoms with van der Waals surface area (Å²) in [5, 5.41) is 2.93. The van der Waals surface area contributed by atoms with Crippen molar-refractivity contribution in [2.75, 3.05) is 6.54 Å². The summed E-state index contributed by atoms with van der Waals surface area (Å²) in [6, 6.07) is 11.7. The van der Waals surface area contributed by atoms with Crippen LogP contribution >= 0.6 is 0 Å². The van der Waals surface area contributed by atoms with Crippen molar-refractivity contribution in [1.82, 2.24) is 14.8 Å². The van der Waals surface area contributed by atoms with Gasteiger partial charge in [-0.05, 0) is 50.7 Å². The van der Waals surface area contributed by atoms with E-state index < -0.39 is 11.6 Å². The second-order valence-electron chi connectivity index (χ2n) is 9.03. The monoisotopic (exact) mass is 421 g/mol. The Hall–Kier alpha value is -2.89. The van der Waals surface area contributed by atoms with Crippen molar-refractivity contribution in [2.45, 2.75) is 65.0 Å².